The first-order valence-electron chi connectivity index (χ1n) is 11.2. The molecule has 2 aromatic rings. The monoisotopic (exact) mass is 470 g/mol. The summed E-state index contributed by atoms with van der Waals surface area (Å²) in [5, 5.41) is 6.43. The van der Waals surface area contributed by atoms with Gasteiger partial charge >= 0.3 is 5.97 Å². The van der Waals surface area contributed by atoms with Crippen LogP contribution in [0.4, 0.5) is 0 Å². The summed E-state index contributed by atoms with van der Waals surface area (Å²) in [7, 11) is 0. The van der Waals surface area contributed by atoms with Gasteiger partial charge in [0.05, 0.1) is 24.2 Å². The van der Waals surface area contributed by atoms with Crippen molar-refractivity contribution >= 4 is 29.4 Å². The third kappa shape index (κ3) is 6.79. The Morgan fingerprint density at radius 3 is 2.58 bits per heavy atom. The van der Waals surface area contributed by atoms with E-state index in [4.69, 9.17) is 21.1 Å². The number of halogens is 1. The summed E-state index contributed by atoms with van der Waals surface area (Å²) >= 11 is 5.90. The summed E-state index contributed by atoms with van der Waals surface area (Å²) in [4.78, 5) is 37.9. The molecule has 2 saturated heterocycles. The average Bonchev–Trinajstić information content (AvgIpc) is 3.57. The molecule has 0 aromatic heterocycles. The lowest BCUT2D eigenvalue weighted by atomic mass is 9.96. The number of amides is 2. The maximum absolute atomic E-state index is 12.9. The van der Waals surface area contributed by atoms with Crippen LogP contribution in [-0.2, 0) is 30.4 Å². The molecule has 2 heterocycles. The zero-order chi connectivity index (χ0) is 23.2. The molecule has 0 spiro atoms. The van der Waals surface area contributed by atoms with E-state index in [1.807, 2.05) is 42.5 Å². The van der Waals surface area contributed by atoms with Crippen LogP contribution in [0.5, 0.6) is 0 Å². The van der Waals surface area contributed by atoms with Gasteiger partial charge in [0.1, 0.15) is 6.61 Å². The van der Waals surface area contributed by atoms with Crippen molar-refractivity contribution < 1.29 is 23.9 Å². The highest BCUT2D eigenvalue weighted by Crippen LogP contribution is 2.34. The third-order valence-electron chi connectivity index (χ3n) is 5.96. The van der Waals surface area contributed by atoms with Crippen LogP contribution < -0.4 is 10.6 Å². The van der Waals surface area contributed by atoms with Crippen LogP contribution in [0.25, 0.3) is 0 Å². The van der Waals surface area contributed by atoms with Crippen molar-refractivity contribution in [3.8, 4) is 0 Å². The molecule has 0 radical (unpaired) electrons. The highest BCUT2D eigenvalue weighted by molar-refractivity contribution is 6.30. The van der Waals surface area contributed by atoms with Crippen LogP contribution in [0.15, 0.2) is 54.6 Å². The molecular weight excluding hydrogens is 444 g/mol. The van der Waals surface area contributed by atoms with Gasteiger partial charge in [-0.05, 0) is 36.1 Å². The Balaban J connectivity index is 1.39. The standard InChI is InChI=1S/C25H27ClN2O5/c26-19-8-6-16(7-9-19)14-27-24(30)13-18-12-22-21(33-22)10-11-23(29)28-20(15-32-25(18)31)17-4-2-1-3-5-17/h1-9,18,20-22H,10-15H2,(H,27,30)(H,28,29)/t18-,20-,21?,22-/m0/s1. The third-order valence-corrected chi connectivity index (χ3v) is 6.21. The molecule has 174 valence electrons. The van der Waals surface area contributed by atoms with Crippen LogP contribution in [-0.4, -0.2) is 36.6 Å². The molecule has 2 N–H and O–H groups in total. The van der Waals surface area contributed by atoms with E-state index in [0.29, 0.717) is 30.8 Å². The number of rotatable bonds is 5. The molecule has 2 fully saturated rings. The lowest BCUT2D eigenvalue weighted by Gasteiger charge is -2.22. The van der Waals surface area contributed by atoms with E-state index in [0.717, 1.165) is 11.1 Å². The minimum atomic E-state index is -0.614. The number of epoxide rings is 1. The second kappa shape index (κ2) is 10.8. The van der Waals surface area contributed by atoms with E-state index in [1.165, 1.54) is 0 Å². The van der Waals surface area contributed by atoms with Gasteiger partial charge in [-0.3, -0.25) is 14.4 Å². The number of cyclic esters (lactones) is 1. The van der Waals surface area contributed by atoms with E-state index in [-0.39, 0.29) is 37.0 Å². The smallest absolute Gasteiger partial charge is 0.309 e. The summed E-state index contributed by atoms with van der Waals surface area (Å²) < 4.78 is 11.2. The molecule has 1 unspecified atom stereocenters. The molecular formula is C25H27ClN2O5. The van der Waals surface area contributed by atoms with Crippen LogP contribution in [0.3, 0.4) is 0 Å². The Morgan fingerprint density at radius 2 is 1.82 bits per heavy atom. The topological polar surface area (TPSA) is 97.0 Å². The molecule has 2 aliphatic heterocycles. The molecule has 0 bridgehead atoms. The SMILES string of the molecule is O=C(C[C@@H]1C[C@@H]2OC2CCC(=O)N[C@H](c2ccccc2)COC1=O)NCc1ccc(Cl)cc1. The number of nitrogens with one attached hydrogen (secondary N) is 2. The van der Waals surface area contributed by atoms with Crippen molar-refractivity contribution in [3.05, 3.63) is 70.7 Å². The lowest BCUT2D eigenvalue weighted by molar-refractivity contribution is -0.152. The van der Waals surface area contributed by atoms with E-state index >= 15 is 0 Å². The molecule has 0 aliphatic carbocycles. The zero-order valence-corrected chi connectivity index (χ0v) is 18.9. The quantitative estimate of drug-likeness (QED) is 0.516. The van der Waals surface area contributed by atoms with Crippen molar-refractivity contribution in [3.63, 3.8) is 0 Å². The summed E-state index contributed by atoms with van der Waals surface area (Å²) in [6.07, 6.45) is 1.13. The summed E-state index contributed by atoms with van der Waals surface area (Å²) in [5.41, 5.74) is 1.77. The van der Waals surface area contributed by atoms with Gasteiger partial charge in [0.25, 0.3) is 0 Å². The molecule has 2 amide bonds. The summed E-state index contributed by atoms with van der Waals surface area (Å²) in [5.74, 6) is -1.41. The fraction of sp³-hybridized carbons (Fsp3) is 0.400. The Hall–Kier alpha value is -2.90. The van der Waals surface area contributed by atoms with Gasteiger partial charge in [0.2, 0.25) is 11.8 Å². The normalized spacial score (nSPS) is 25.5. The number of carbonyl (C=O) groups excluding carboxylic acids is 3. The minimum absolute atomic E-state index is 0.00638. The van der Waals surface area contributed by atoms with E-state index in [1.54, 1.807) is 12.1 Å². The van der Waals surface area contributed by atoms with Crippen molar-refractivity contribution in [2.24, 2.45) is 5.92 Å². The lowest BCUT2D eigenvalue weighted by Crippen LogP contribution is -2.35. The van der Waals surface area contributed by atoms with Crippen molar-refractivity contribution in [1.82, 2.24) is 10.6 Å². The number of hydrogen-bond donors (Lipinski definition) is 2. The van der Waals surface area contributed by atoms with Crippen LogP contribution >= 0.6 is 11.6 Å². The molecule has 33 heavy (non-hydrogen) atoms. The molecule has 8 heteroatoms. The number of esters is 1. The van der Waals surface area contributed by atoms with Gasteiger partial charge in [0, 0.05) is 24.4 Å². The molecule has 4 rings (SSSR count). The van der Waals surface area contributed by atoms with E-state index in [9.17, 15) is 14.4 Å². The highest BCUT2D eigenvalue weighted by Gasteiger charge is 2.42. The molecule has 4 atom stereocenters. The Bertz CT molecular complexity index is 982. The van der Waals surface area contributed by atoms with E-state index < -0.39 is 17.9 Å². The Kier molecular flexibility index (Phi) is 7.62. The van der Waals surface area contributed by atoms with Gasteiger partial charge < -0.3 is 20.1 Å². The molecule has 2 aliphatic rings. The maximum Gasteiger partial charge on any atom is 0.309 e. The minimum Gasteiger partial charge on any atom is -0.463 e. The number of carbonyl (C=O) groups is 3. The first kappa shape index (κ1) is 23.3. The first-order valence-corrected chi connectivity index (χ1v) is 11.5. The fourth-order valence-electron chi connectivity index (χ4n) is 4.01. The molecule has 2 aromatic carbocycles. The largest absolute Gasteiger partial charge is 0.463 e. The zero-order valence-electron chi connectivity index (χ0n) is 18.2. The van der Waals surface area contributed by atoms with Gasteiger partial charge in [-0.2, -0.15) is 0 Å². The second-order valence-electron chi connectivity index (χ2n) is 8.45. The average molecular weight is 471 g/mol. The van der Waals surface area contributed by atoms with Gasteiger partial charge in [0.15, 0.2) is 0 Å². The van der Waals surface area contributed by atoms with Crippen molar-refractivity contribution in [2.75, 3.05) is 6.61 Å². The van der Waals surface area contributed by atoms with Crippen molar-refractivity contribution in [2.45, 2.75) is 50.5 Å². The Morgan fingerprint density at radius 1 is 1.06 bits per heavy atom. The predicted octanol–water partition coefficient (Wildman–Crippen LogP) is 3.31. The van der Waals surface area contributed by atoms with Crippen LogP contribution in [0.2, 0.25) is 5.02 Å². The van der Waals surface area contributed by atoms with Gasteiger partial charge in [-0.25, -0.2) is 0 Å². The number of ether oxygens (including phenoxy) is 2. The molecule has 0 saturated carbocycles. The maximum atomic E-state index is 12.9. The van der Waals surface area contributed by atoms with Crippen LogP contribution in [0, 0.1) is 5.92 Å². The highest BCUT2D eigenvalue weighted by atomic mass is 35.5. The fourth-order valence-corrected chi connectivity index (χ4v) is 4.14. The van der Waals surface area contributed by atoms with Crippen LogP contribution in [0.1, 0.15) is 42.9 Å². The van der Waals surface area contributed by atoms with E-state index in [2.05, 4.69) is 10.6 Å². The first-order chi connectivity index (χ1) is 16.0. The van der Waals surface area contributed by atoms with Gasteiger partial charge in [-0.15, -0.1) is 0 Å². The Labute approximate surface area is 197 Å². The summed E-state index contributed by atoms with van der Waals surface area (Å²) in [6, 6.07) is 16.2. The predicted molar refractivity (Wildman–Crippen MR) is 122 cm³/mol. The molecule has 7 nitrogen and oxygen atoms in total. The number of benzene rings is 2. The number of fused-ring (bicyclic) bond motifs is 1. The second-order valence-corrected chi connectivity index (χ2v) is 8.89. The number of hydrogen-bond acceptors (Lipinski definition) is 5. The van der Waals surface area contributed by atoms with Crippen molar-refractivity contribution in [1.29, 1.82) is 0 Å². The summed E-state index contributed by atoms with van der Waals surface area (Å²) in [6.45, 7) is 0.356. The van der Waals surface area contributed by atoms with Gasteiger partial charge in [-0.1, -0.05) is 54.1 Å².